The molecule has 3 rings (SSSR count). The second kappa shape index (κ2) is 7.24. The standard InChI is InChI=1S/C18H16N4O5/c1-11-3-2-4-16-12(10-20-17(11)16)5-6-19-18(23)13-7-14(21(24)25)9-15(8-13)22(26)27/h2-4,7-10,20H,5-6H2,1H3,(H,19,23). The summed E-state index contributed by atoms with van der Waals surface area (Å²) in [5, 5.41) is 25.6. The second-order valence-electron chi connectivity index (χ2n) is 6.07. The molecule has 1 aromatic heterocycles. The summed E-state index contributed by atoms with van der Waals surface area (Å²) in [5.74, 6) is -0.599. The number of nitro groups is 2. The number of aromatic amines is 1. The Hall–Kier alpha value is -3.75. The van der Waals surface area contributed by atoms with Crippen LogP contribution in [0.4, 0.5) is 11.4 Å². The Bertz CT molecular complexity index is 1020. The number of rotatable bonds is 6. The fourth-order valence-electron chi connectivity index (χ4n) is 2.92. The maximum absolute atomic E-state index is 12.3. The maximum atomic E-state index is 12.3. The van der Waals surface area contributed by atoms with Crippen LogP contribution < -0.4 is 5.32 Å². The van der Waals surface area contributed by atoms with Crippen molar-refractivity contribution in [1.29, 1.82) is 0 Å². The molecular weight excluding hydrogens is 352 g/mol. The van der Waals surface area contributed by atoms with Gasteiger partial charge in [0.15, 0.2) is 0 Å². The fraction of sp³-hybridized carbons (Fsp3) is 0.167. The predicted octanol–water partition coefficient (Wildman–Crippen LogP) is 3.27. The molecule has 1 amide bonds. The van der Waals surface area contributed by atoms with Crippen molar-refractivity contribution in [2.24, 2.45) is 0 Å². The lowest BCUT2D eigenvalue weighted by Crippen LogP contribution is -2.25. The number of amides is 1. The van der Waals surface area contributed by atoms with Crippen LogP contribution in [-0.4, -0.2) is 27.3 Å². The van der Waals surface area contributed by atoms with Crippen LogP contribution in [0.15, 0.2) is 42.6 Å². The van der Waals surface area contributed by atoms with E-state index in [1.807, 2.05) is 31.3 Å². The van der Waals surface area contributed by atoms with Gasteiger partial charge in [-0.2, -0.15) is 0 Å². The number of aromatic nitrogens is 1. The topological polar surface area (TPSA) is 131 Å². The van der Waals surface area contributed by atoms with Gasteiger partial charge in [0.1, 0.15) is 0 Å². The number of hydrogen-bond donors (Lipinski definition) is 2. The number of aryl methyl sites for hydroxylation is 1. The number of carbonyl (C=O) groups is 1. The molecule has 0 saturated carbocycles. The number of fused-ring (bicyclic) bond motifs is 1. The summed E-state index contributed by atoms with van der Waals surface area (Å²) in [4.78, 5) is 35.8. The highest BCUT2D eigenvalue weighted by Gasteiger charge is 2.19. The van der Waals surface area contributed by atoms with E-state index in [4.69, 9.17) is 0 Å². The van der Waals surface area contributed by atoms with Crippen molar-refractivity contribution in [1.82, 2.24) is 10.3 Å². The SMILES string of the molecule is Cc1cccc2c(CCNC(=O)c3cc([N+](=O)[O-])cc([N+](=O)[O-])c3)c[nH]c12. The number of para-hydroxylation sites is 1. The minimum absolute atomic E-state index is 0.120. The molecule has 0 radical (unpaired) electrons. The average Bonchev–Trinajstić information content (AvgIpc) is 3.05. The number of hydrogen-bond acceptors (Lipinski definition) is 5. The lowest BCUT2D eigenvalue weighted by atomic mass is 10.1. The number of carbonyl (C=O) groups excluding carboxylic acids is 1. The van der Waals surface area contributed by atoms with E-state index in [0.717, 1.165) is 40.2 Å². The van der Waals surface area contributed by atoms with Gasteiger partial charge in [0.2, 0.25) is 0 Å². The molecule has 0 fully saturated rings. The van der Waals surface area contributed by atoms with E-state index in [1.54, 1.807) is 0 Å². The molecule has 0 aliphatic rings. The number of non-ortho nitro benzene ring substituents is 2. The number of nitro benzene ring substituents is 2. The van der Waals surface area contributed by atoms with Gasteiger partial charge < -0.3 is 10.3 Å². The molecule has 9 nitrogen and oxygen atoms in total. The van der Waals surface area contributed by atoms with E-state index in [0.29, 0.717) is 6.42 Å². The third kappa shape index (κ3) is 3.76. The highest BCUT2D eigenvalue weighted by molar-refractivity contribution is 5.95. The molecule has 3 aromatic rings. The maximum Gasteiger partial charge on any atom is 0.277 e. The van der Waals surface area contributed by atoms with Gasteiger partial charge in [-0.25, -0.2) is 0 Å². The van der Waals surface area contributed by atoms with Gasteiger partial charge in [0.25, 0.3) is 17.3 Å². The first-order valence-corrected chi connectivity index (χ1v) is 8.14. The van der Waals surface area contributed by atoms with Gasteiger partial charge in [-0.1, -0.05) is 18.2 Å². The van der Waals surface area contributed by atoms with Crippen LogP contribution in [0.1, 0.15) is 21.5 Å². The van der Waals surface area contributed by atoms with E-state index < -0.39 is 27.1 Å². The minimum atomic E-state index is -0.766. The minimum Gasteiger partial charge on any atom is -0.361 e. The van der Waals surface area contributed by atoms with Crippen LogP contribution in [0.5, 0.6) is 0 Å². The van der Waals surface area contributed by atoms with Gasteiger partial charge in [0, 0.05) is 35.8 Å². The zero-order chi connectivity index (χ0) is 19.6. The van der Waals surface area contributed by atoms with Crippen LogP contribution in [0.25, 0.3) is 10.9 Å². The predicted molar refractivity (Wildman–Crippen MR) is 98.8 cm³/mol. The first kappa shape index (κ1) is 18.1. The molecule has 0 bridgehead atoms. The van der Waals surface area contributed by atoms with E-state index >= 15 is 0 Å². The van der Waals surface area contributed by atoms with Gasteiger partial charge in [-0.15, -0.1) is 0 Å². The van der Waals surface area contributed by atoms with E-state index in [2.05, 4.69) is 10.3 Å². The van der Waals surface area contributed by atoms with Crippen LogP contribution >= 0.6 is 0 Å². The number of benzene rings is 2. The smallest absolute Gasteiger partial charge is 0.277 e. The van der Waals surface area contributed by atoms with E-state index in [-0.39, 0.29) is 12.1 Å². The van der Waals surface area contributed by atoms with Crippen molar-refractivity contribution >= 4 is 28.2 Å². The van der Waals surface area contributed by atoms with Crippen LogP contribution in [0, 0.1) is 27.2 Å². The van der Waals surface area contributed by atoms with Crippen molar-refractivity contribution in [3.05, 3.63) is 79.5 Å². The highest BCUT2D eigenvalue weighted by Crippen LogP contribution is 2.23. The average molecular weight is 368 g/mol. The summed E-state index contributed by atoms with van der Waals surface area (Å²) in [6.07, 6.45) is 2.42. The zero-order valence-corrected chi connectivity index (χ0v) is 14.4. The summed E-state index contributed by atoms with van der Waals surface area (Å²) in [5.41, 5.74) is 2.06. The van der Waals surface area contributed by atoms with E-state index in [1.165, 1.54) is 0 Å². The van der Waals surface area contributed by atoms with Gasteiger partial charge >= 0.3 is 0 Å². The van der Waals surface area contributed by atoms with Crippen LogP contribution in [-0.2, 0) is 6.42 Å². The third-order valence-electron chi connectivity index (χ3n) is 4.28. The van der Waals surface area contributed by atoms with Crippen LogP contribution in [0.2, 0.25) is 0 Å². The Labute approximate surface area is 153 Å². The van der Waals surface area contributed by atoms with Crippen molar-refractivity contribution in [2.45, 2.75) is 13.3 Å². The molecule has 0 spiro atoms. The Kier molecular flexibility index (Phi) is 4.84. The first-order chi connectivity index (χ1) is 12.9. The summed E-state index contributed by atoms with van der Waals surface area (Å²) in [6.45, 7) is 2.29. The normalized spacial score (nSPS) is 10.7. The van der Waals surface area contributed by atoms with Gasteiger partial charge in [0.05, 0.1) is 21.5 Å². The molecule has 138 valence electrons. The molecule has 9 heteroatoms. The van der Waals surface area contributed by atoms with Crippen molar-refractivity contribution < 1.29 is 14.6 Å². The Morgan fingerprint density at radius 2 is 1.78 bits per heavy atom. The quantitative estimate of drug-likeness (QED) is 0.509. The summed E-state index contributed by atoms with van der Waals surface area (Å²) in [6, 6.07) is 8.81. The van der Waals surface area contributed by atoms with Gasteiger partial charge in [-0.05, 0) is 24.5 Å². The number of nitrogens with one attached hydrogen (secondary N) is 2. The molecular formula is C18H16N4O5. The van der Waals surface area contributed by atoms with Crippen LogP contribution in [0.3, 0.4) is 0 Å². The van der Waals surface area contributed by atoms with Gasteiger partial charge in [-0.3, -0.25) is 25.0 Å². The molecule has 0 aliphatic heterocycles. The number of H-pyrrole nitrogens is 1. The summed E-state index contributed by atoms with van der Waals surface area (Å²) >= 11 is 0. The van der Waals surface area contributed by atoms with E-state index in [9.17, 15) is 25.0 Å². The first-order valence-electron chi connectivity index (χ1n) is 8.14. The molecule has 0 unspecified atom stereocenters. The molecule has 0 atom stereocenters. The summed E-state index contributed by atoms with van der Waals surface area (Å²) in [7, 11) is 0. The number of nitrogens with zero attached hydrogens (tertiary/aromatic N) is 2. The summed E-state index contributed by atoms with van der Waals surface area (Å²) < 4.78 is 0. The van der Waals surface area contributed by atoms with Crippen molar-refractivity contribution in [3.63, 3.8) is 0 Å². The lowest BCUT2D eigenvalue weighted by molar-refractivity contribution is -0.394. The molecule has 2 N–H and O–H groups in total. The van der Waals surface area contributed by atoms with Crippen molar-refractivity contribution in [2.75, 3.05) is 6.54 Å². The zero-order valence-electron chi connectivity index (χ0n) is 14.4. The molecule has 0 aliphatic carbocycles. The largest absolute Gasteiger partial charge is 0.361 e. The molecule has 2 aromatic carbocycles. The highest BCUT2D eigenvalue weighted by atomic mass is 16.6. The molecule has 1 heterocycles. The monoisotopic (exact) mass is 368 g/mol. The third-order valence-corrected chi connectivity index (χ3v) is 4.28. The molecule has 0 saturated heterocycles. The lowest BCUT2D eigenvalue weighted by Gasteiger charge is -2.05. The Morgan fingerprint density at radius 1 is 1.11 bits per heavy atom. The Morgan fingerprint density at radius 3 is 2.41 bits per heavy atom. The van der Waals surface area contributed by atoms with Crippen molar-refractivity contribution in [3.8, 4) is 0 Å². The second-order valence-corrected chi connectivity index (χ2v) is 6.07. The molecule has 27 heavy (non-hydrogen) atoms. The fourth-order valence-corrected chi connectivity index (χ4v) is 2.92. The Balaban J connectivity index is 1.73.